The Bertz CT molecular complexity index is 230. The molecular weight excluding hydrogens is 256 g/mol. The molecule has 0 heterocycles. The van der Waals surface area contributed by atoms with Crippen LogP contribution in [-0.4, -0.2) is 0 Å². The number of allylic oxidation sites excluding steroid dienone is 3. The predicted molar refractivity (Wildman–Crippen MR) is 95.0 cm³/mol. The summed E-state index contributed by atoms with van der Waals surface area (Å²) < 4.78 is 4.58. The quantitative estimate of drug-likeness (QED) is 0.164. The Morgan fingerprint density at radius 1 is 0.667 bits per heavy atom. The molecule has 0 aromatic heterocycles. The molecule has 1 radical (unpaired) electrons. The van der Waals surface area contributed by atoms with Crippen molar-refractivity contribution in [3.8, 4) is 0 Å². The summed E-state index contributed by atoms with van der Waals surface area (Å²) in [6.07, 6.45) is 27.4. The first-order valence-electron chi connectivity index (χ1n) is 9.14. The summed E-state index contributed by atoms with van der Waals surface area (Å²) in [5, 5.41) is 0. The maximum absolute atomic E-state index is 4.58. The molecule has 1 heteroatoms. The normalized spacial score (nSPS) is 11.7. The lowest BCUT2D eigenvalue weighted by Gasteiger charge is -2.02. The van der Waals surface area contributed by atoms with Gasteiger partial charge in [-0.1, -0.05) is 96.1 Å². The summed E-state index contributed by atoms with van der Waals surface area (Å²) in [6.45, 7) is 2.28. The van der Waals surface area contributed by atoms with E-state index in [2.05, 4.69) is 24.8 Å². The Kier molecular flexibility index (Phi) is 18.6. The summed E-state index contributed by atoms with van der Waals surface area (Å²) in [6, 6.07) is 0. The first-order valence-corrected chi connectivity index (χ1v) is 9.14. The molecule has 0 unspecified atom stereocenters. The van der Waals surface area contributed by atoms with Crippen LogP contribution in [0.15, 0.2) is 24.5 Å². The van der Waals surface area contributed by atoms with E-state index in [4.69, 9.17) is 0 Å². The van der Waals surface area contributed by atoms with Crippen LogP contribution in [0.3, 0.4) is 0 Å². The van der Waals surface area contributed by atoms with E-state index in [0.717, 1.165) is 0 Å². The number of unbranched alkanes of at least 4 members (excludes halogenated alkanes) is 13. The molecule has 0 amide bonds. The van der Waals surface area contributed by atoms with E-state index in [9.17, 15) is 0 Å². The number of hydrogen-bond acceptors (Lipinski definition) is 1. The minimum Gasteiger partial charge on any atom is -0.498 e. The van der Waals surface area contributed by atoms with Gasteiger partial charge in [0.1, 0.15) is 7.11 Å². The first-order chi connectivity index (χ1) is 10.4. The average molecular weight is 294 g/mol. The molecule has 0 aromatic rings. The van der Waals surface area contributed by atoms with E-state index in [1.165, 1.54) is 89.9 Å². The minimum absolute atomic E-state index is 1.18. The predicted octanol–water partition coefficient (Wildman–Crippen LogP) is 7.35. The molecule has 0 rings (SSSR count). The molecule has 0 saturated carbocycles. The molecule has 0 aliphatic carbocycles. The Morgan fingerprint density at radius 3 is 1.62 bits per heavy atom. The van der Waals surface area contributed by atoms with Crippen LogP contribution in [0.5, 0.6) is 0 Å². The van der Waals surface area contributed by atoms with Crippen LogP contribution in [0.4, 0.5) is 0 Å². The maximum Gasteiger partial charge on any atom is 0.121 e. The average Bonchev–Trinajstić information content (AvgIpc) is 2.50. The summed E-state index contributed by atoms with van der Waals surface area (Å²) in [5.74, 6) is 0. The second-order valence-corrected chi connectivity index (χ2v) is 5.95. The van der Waals surface area contributed by atoms with Gasteiger partial charge in [0.15, 0.2) is 0 Å². The van der Waals surface area contributed by atoms with Gasteiger partial charge < -0.3 is 4.74 Å². The van der Waals surface area contributed by atoms with E-state index in [0.29, 0.717) is 0 Å². The van der Waals surface area contributed by atoms with Gasteiger partial charge in [0.2, 0.25) is 0 Å². The highest BCUT2D eigenvalue weighted by molar-refractivity contribution is 4.99. The fourth-order valence-electron chi connectivity index (χ4n) is 2.56. The smallest absolute Gasteiger partial charge is 0.121 e. The number of ether oxygens (including phenoxy) is 1. The van der Waals surface area contributed by atoms with Crippen LogP contribution in [-0.2, 0) is 4.74 Å². The summed E-state index contributed by atoms with van der Waals surface area (Å²) in [7, 11) is 3.28. The molecule has 21 heavy (non-hydrogen) atoms. The van der Waals surface area contributed by atoms with Crippen molar-refractivity contribution in [1.29, 1.82) is 0 Å². The summed E-state index contributed by atoms with van der Waals surface area (Å²) >= 11 is 0. The van der Waals surface area contributed by atoms with Crippen molar-refractivity contribution in [2.24, 2.45) is 0 Å². The zero-order valence-electron chi connectivity index (χ0n) is 14.3. The van der Waals surface area contributed by atoms with Gasteiger partial charge in [0.05, 0.1) is 6.26 Å². The van der Waals surface area contributed by atoms with Gasteiger partial charge in [-0.3, -0.25) is 0 Å². The monoisotopic (exact) mass is 293 g/mol. The van der Waals surface area contributed by atoms with Gasteiger partial charge in [-0.2, -0.15) is 0 Å². The van der Waals surface area contributed by atoms with Gasteiger partial charge in [0, 0.05) is 0 Å². The summed E-state index contributed by atoms with van der Waals surface area (Å²) in [4.78, 5) is 0. The number of rotatable bonds is 16. The van der Waals surface area contributed by atoms with Crippen molar-refractivity contribution in [3.63, 3.8) is 0 Å². The first kappa shape index (κ1) is 20.3. The zero-order chi connectivity index (χ0) is 15.4. The van der Waals surface area contributed by atoms with E-state index in [1.54, 1.807) is 6.26 Å². The molecular formula is C20H37O. The van der Waals surface area contributed by atoms with Crippen molar-refractivity contribution in [2.45, 2.75) is 96.8 Å². The highest BCUT2D eigenvalue weighted by atomic mass is 16.5. The maximum atomic E-state index is 4.58. The van der Waals surface area contributed by atoms with E-state index in [-0.39, 0.29) is 0 Å². The van der Waals surface area contributed by atoms with E-state index >= 15 is 0 Å². The highest BCUT2D eigenvalue weighted by Crippen LogP contribution is 2.12. The third-order valence-electron chi connectivity index (χ3n) is 3.90. The third kappa shape index (κ3) is 19.3. The van der Waals surface area contributed by atoms with Crippen LogP contribution in [0.1, 0.15) is 96.8 Å². The van der Waals surface area contributed by atoms with E-state index < -0.39 is 0 Å². The zero-order valence-corrected chi connectivity index (χ0v) is 14.3. The third-order valence-corrected chi connectivity index (χ3v) is 3.90. The largest absolute Gasteiger partial charge is 0.498 e. The molecule has 123 valence electrons. The Labute approximate surface area is 133 Å². The van der Waals surface area contributed by atoms with Crippen LogP contribution < -0.4 is 0 Å². The Balaban J connectivity index is 3.02. The minimum atomic E-state index is 1.18. The molecule has 0 aromatic carbocycles. The lowest BCUT2D eigenvalue weighted by atomic mass is 10.0. The molecule has 0 bridgehead atoms. The molecule has 0 saturated heterocycles. The van der Waals surface area contributed by atoms with E-state index in [1.807, 2.05) is 12.2 Å². The number of hydrogen-bond donors (Lipinski definition) is 0. The van der Waals surface area contributed by atoms with Gasteiger partial charge in [-0.15, -0.1) is 0 Å². The van der Waals surface area contributed by atoms with Crippen LogP contribution in [0.25, 0.3) is 0 Å². The van der Waals surface area contributed by atoms with Crippen molar-refractivity contribution < 1.29 is 4.74 Å². The molecule has 0 aliphatic rings. The van der Waals surface area contributed by atoms with Gasteiger partial charge in [-0.05, 0) is 18.9 Å². The van der Waals surface area contributed by atoms with Gasteiger partial charge >= 0.3 is 0 Å². The van der Waals surface area contributed by atoms with Crippen LogP contribution in [0, 0.1) is 7.11 Å². The topological polar surface area (TPSA) is 9.23 Å². The van der Waals surface area contributed by atoms with Crippen LogP contribution >= 0.6 is 0 Å². The van der Waals surface area contributed by atoms with Crippen molar-refractivity contribution in [1.82, 2.24) is 0 Å². The Hall–Kier alpha value is -0.720. The van der Waals surface area contributed by atoms with Crippen molar-refractivity contribution in [3.05, 3.63) is 31.6 Å². The Morgan fingerprint density at radius 2 is 1.14 bits per heavy atom. The van der Waals surface area contributed by atoms with Crippen molar-refractivity contribution >= 4 is 0 Å². The molecule has 0 aliphatic heterocycles. The lowest BCUT2D eigenvalue weighted by Crippen LogP contribution is -1.82. The fraction of sp³-hybridized carbons (Fsp3) is 0.750. The summed E-state index contributed by atoms with van der Waals surface area (Å²) in [5.41, 5.74) is 0. The lowest BCUT2D eigenvalue weighted by molar-refractivity contribution is 0.394. The SMILES string of the molecule is [CH2]O/C=C/C=C/CCCCCCCCCCCCCCC. The second kappa shape index (κ2) is 19.3. The van der Waals surface area contributed by atoms with Crippen LogP contribution in [0.2, 0.25) is 0 Å². The van der Waals surface area contributed by atoms with Gasteiger partial charge in [0.25, 0.3) is 0 Å². The standard InChI is InChI=1S/C20H37O/c1-3-4-5-6-7-8-9-10-11-12-13-14-15-16-17-18-19-20-21-2/h17-20H,2-16H2,1H3/b18-17+,20-19+. The molecule has 0 atom stereocenters. The molecule has 0 fully saturated rings. The van der Waals surface area contributed by atoms with Gasteiger partial charge in [-0.25, -0.2) is 0 Å². The highest BCUT2D eigenvalue weighted by Gasteiger charge is 1.93. The molecule has 1 nitrogen and oxygen atoms in total. The second-order valence-electron chi connectivity index (χ2n) is 5.95. The molecule has 0 spiro atoms. The van der Waals surface area contributed by atoms with Crippen molar-refractivity contribution in [2.75, 3.05) is 0 Å². The molecule has 0 N–H and O–H groups in total. The fourth-order valence-corrected chi connectivity index (χ4v) is 2.56.